The zero-order chi connectivity index (χ0) is 13.0. The second-order valence-corrected chi connectivity index (χ2v) is 4.58. The van der Waals surface area contributed by atoms with E-state index in [2.05, 4.69) is 27.3 Å². The number of nitrogens with one attached hydrogen (secondary N) is 1. The molecule has 2 N–H and O–H groups in total. The third-order valence-corrected chi connectivity index (χ3v) is 3.23. The largest absolute Gasteiger partial charge is 0.476 e. The Hall–Kier alpha value is -1.69. The minimum Gasteiger partial charge on any atom is -0.476 e. The van der Waals surface area contributed by atoms with Crippen LogP contribution in [0.3, 0.4) is 0 Å². The maximum Gasteiger partial charge on any atom is 0.356 e. The van der Waals surface area contributed by atoms with Crippen LogP contribution in [-0.2, 0) is 0 Å². The second kappa shape index (κ2) is 5.77. The number of aromatic carboxylic acids is 1. The summed E-state index contributed by atoms with van der Waals surface area (Å²) in [7, 11) is 0. The summed E-state index contributed by atoms with van der Waals surface area (Å²) in [6.45, 7) is 5.29. The molecule has 1 aromatic heterocycles. The molecule has 1 aliphatic rings. The van der Waals surface area contributed by atoms with Crippen LogP contribution in [-0.4, -0.2) is 51.8 Å². The van der Waals surface area contributed by atoms with E-state index in [1.165, 1.54) is 18.9 Å². The van der Waals surface area contributed by atoms with Crippen molar-refractivity contribution in [2.24, 2.45) is 0 Å². The van der Waals surface area contributed by atoms with Crippen molar-refractivity contribution in [2.75, 3.05) is 25.0 Å². The number of carboxylic acid groups (broad SMARTS) is 1. The molecule has 0 bridgehead atoms. The van der Waals surface area contributed by atoms with Crippen LogP contribution in [0.5, 0.6) is 0 Å². The molecular weight excluding hydrogens is 232 g/mol. The van der Waals surface area contributed by atoms with Gasteiger partial charge in [-0.2, -0.15) is 0 Å². The normalized spacial score (nSPS) is 17.6. The highest BCUT2D eigenvalue weighted by molar-refractivity contribution is 5.85. The predicted molar refractivity (Wildman–Crippen MR) is 67.8 cm³/mol. The molecule has 6 heteroatoms. The van der Waals surface area contributed by atoms with Gasteiger partial charge in [0.25, 0.3) is 0 Å². The summed E-state index contributed by atoms with van der Waals surface area (Å²) in [6.07, 6.45) is 2.55. The number of rotatable bonds is 5. The SMILES string of the molecule is CC(CNc1ccc(C(=O)O)nn1)N1CCCC1. The lowest BCUT2D eigenvalue weighted by Gasteiger charge is -2.23. The first-order valence-corrected chi connectivity index (χ1v) is 6.22. The first kappa shape index (κ1) is 12.8. The van der Waals surface area contributed by atoms with Crippen LogP contribution in [0.4, 0.5) is 5.82 Å². The number of carboxylic acids is 1. The summed E-state index contributed by atoms with van der Waals surface area (Å²) in [4.78, 5) is 13.1. The zero-order valence-electron chi connectivity index (χ0n) is 10.5. The average molecular weight is 250 g/mol. The lowest BCUT2D eigenvalue weighted by molar-refractivity contribution is 0.0689. The summed E-state index contributed by atoms with van der Waals surface area (Å²) in [5.41, 5.74) is -0.0341. The van der Waals surface area contributed by atoms with E-state index in [1.807, 2.05) is 0 Å². The van der Waals surface area contributed by atoms with Gasteiger partial charge in [-0.3, -0.25) is 4.90 Å². The molecule has 1 aromatic rings. The molecule has 2 rings (SSSR count). The van der Waals surface area contributed by atoms with Gasteiger partial charge in [-0.05, 0) is 45.0 Å². The van der Waals surface area contributed by atoms with Crippen LogP contribution in [0.25, 0.3) is 0 Å². The van der Waals surface area contributed by atoms with E-state index >= 15 is 0 Å². The van der Waals surface area contributed by atoms with Crippen molar-refractivity contribution in [2.45, 2.75) is 25.8 Å². The van der Waals surface area contributed by atoms with E-state index < -0.39 is 5.97 Å². The van der Waals surface area contributed by atoms with E-state index in [1.54, 1.807) is 6.07 Å². The molecule has 0 aliphatic carbocycles. The molecule has 1 unspecified atom stereocenters. The molecule has 1 atom stereocenters. The number of carbonyl (C=O) groups is 1. The fourth-order valence-corrected chi connectivity index (χ4v) is 2.10. The molecule has 0 spiro atoms. The number of anilines is 1. The Balaban J connectivity index is 1.84. The molecule has 0 aromatic carbocycles. The molecule has 1 aliphatic heterocycles. The Morgan fingerprint density at radius 1 is 1.44 bits per heavy atom. The Kier molecular flexibility index (Phi) is 4.09. The van der Waals surface area contributed by atoms with Gasteiger partial charge in [0.15, 0.2) is 5.69 Å². The van der Waals surface area contributed by atoms with Crippen molar-refractivity contribution >= 4 is 11.8 Å². The van der Waals surface area contributed by atoms with Crippen molar-refractivity contribution in [3.05, 3.63) is 17.8 Å². The van der Waals surface area contributed by atoms with Gasteiger partial charge in [0.1, 0.15) is 5.82 Å². The monoisotopic (exact) mass is 250 g/mol. The van der Waals surface area contributed by atoms with Crippen LogP contribution in [0.1, 0.15) is 30.3 Å². The van der Waals surface area contributed by atoms with E-state index in [4.69, 9.17) is 5.11 Å². The van der Waals surface area contributed by atoms with Gasteiger partial charge < -0.3 is 10.4 Å². The maximum absolute atomic E-state index is 10.6. The average Bonchev–Trinajstić information content (AvgIpc) is 2.90. The van der Waals surface area contributed by atoms with Crippen molar-refractivity contribution < 1.29 is 9.90 Å². The number of hydrogen-bond acceptors (Lipinski definition) is 5. The lowest BCUT2D eigenvalue weighted by Crippen LogP contribution is -2.35. The fourth-order valence-electron chi connectivity index (χ4n) is 2.10. The number of hydrogen-bond donors (Lipinski definition) is 2. The van der Waals surface area contributed by atoms with Crippen molar-refractivity contribution in [3.63, 3.8) is 0 Å². The smallest absolute Gasteiger partial charge is 0.356 e. The molecule has 0 saturated carbocycles. The summed E-state index contributed by atoms with van der Waals surface area (Å²) < 4.78 is 0. The molecule has 0 amide bonds. The topological polar surface area (TPSA) is 78.3 Å². The Labute approximate surface area is 106 Å². The van der Waals surface area contributed by atoms with Gasteiger partial charge in [-0.15, -0.1) is 10.2 Å². The van der Waals surface area contributed by atoms with Gasteiger partial charge in [-0.1, -0.05) is 0 Å². The van der Waals surface area contributed by atoms with Crippen LogP contribution in [0.2, 0.25) is 0 Å². The second-order valence-electron chi connectivity index (χ2n) is 4.58. The molecule has 1 saturated heterocycles. The Bertz CT molecular complexity index is 401. The predicted octanol–water partition coefficient (Wildman–Crippen LogP) is 1.07. The van der Waals surface area contributed by atoms with Gasteiger partial charge >= 0.3 is 5.97 Å². The van der Waals surface area contributed by atoms with E-state index in [9.17, 15) is 4.79 Å². The highest BCUT2D eigenvalue weighted by Crippen LogP contribution is 2.12. The quantitative estimate of drug-likeness (QED) is 0.814. The summed E-state index contributed by atoms with van der Waals surface area (Å²) in [6, 6.07) is 3.55. The number of aromatic nitrogens is 2. The Morgan fingerprint density at radius 2 is 2.17 bits per heavy atom. The van der Waals surface area contributed by atoms with Crippen LogP contribution >= 0.6 is 0 Å². The van der Waals surface area contributed by atoms with Gasteiger partial charge in [0.2, 0.25) is 0 Å². The van der Waals surface area contributed by atoms with Crippen LogP contribution in [0.15, 0.2) is 12.1 Å². The lowest BCUT2D eigenvalue weighted by atomic mass is 10.3. The third kappa shape index (κ3) is 3.16. The number of likely N-dealkylation sites (tertiary alicyclic amines) is 1. The summed E-state index contributed by atoms with van der Waals surface area (Å²) in [5.74, 6) is -0.439. The first-order valence-electron chi connectivity index (χ1n) is 6.22. The molecular formula is C12H18N4O2. The Morgan fingerprint density at radius 3 is 2.72 bits per heavy atom. The molecule has 1 fully saturated rings. The zero-order valence-corrected chi connectivity index (χ0v) is 10.5. The van der Waals surface area contributed by atoms with Crippen molar-refractivity contribution in [3.8, 4) is 0 Å². The highest BCUT2D eigenvalue weighted by Gasteiger charge is 2.17. The van der Waals surface area contributed by atoms with Gasteiger partial charge in [-0.25, -0.2) is 4.79 Å². The fraction of sp³-hybridized carbons (Fsp3) is 0.583. The van der Waals surface area contributed by atoms with Crippen molar-refractivity contribution in [1.82, 2.24) is 15.1 Å². The minimum absolute atomic E-state index is 0.0341. The van der Waals surface area contributed by atoms with Gasteiger partial charge in [0.05, 0.1) is 0 Å². The molecule has 6 nitrogen and oxygen atoms in total. The van der Waals surface area contributed by atoms with E-state index in [-0.39, 0.29) is 5.69 Å². The van der Waals surface area contributed by atoms with E-state index in [0.29, 0.717) is 11.9 Å². The van der Waals surface area contributed by atoms with Crippen molar-refractivity contribution in [1.29, 1.82) is 0 Å². The van der Waals surface area contributed by atoms with E-state index in [0.717, 1.165) is 19.6 Å². The van der Waals surface area contributed by atoms with Crippen LogP contribution in [0, 0.1) is 0 Å². The number of nitrogens with zero attached hydrogens (tertiary/aromatic N) is 3. The molecule has 18 heavy (non-hydrogen) atoms. The minimum atomic E-state index is -1.06. The molecule has 2 heterocycles. The maximum atomic E-state index is 10.6. The highest BCUT2D eigenvalue weighted by atomic mass is 16.4. The first-order chi connectivity index (χ1) is 8.66. The summed E-state index contributed by atoms with van der Waals surface area (Å²) >= 11 is 0. The van der Waals surface area contributed by atoms with Gasteiger partial charge in [0, 0.05) is 12.6 Å². The molecule has 0 radical (unpaired) electrons. The molecule has 98 valence electrons. The standard InChI is InChI=1S/C12H18N4O2/c1-9(16-6-2-3-7-16)8-13-11-5-4-10(12(17)18)14-15-11/h4-5,9H,2-3,6-8H2,1H3,(H,13,15)(H,17,18). The van der Waals surface area contributed by atoms with Crippen LogP contribution < -0.4 is 5.32 Å². The third-order valence-electron chi connectivity index (χ3n) is 3.23. The summed E-state index contributed by atoms with van der Waals surface area (Å²) in [5, 5.41) is 19.4.